The number of nitrogens with two attached hydrogens (primary N) is 1. The number of aliphatic hydroxyl groups is 1. The number of carbonyl (C=O) groups is 1. The molecular weight excluding hydrogens is 278 g/mol. The first-order valence-electron chi connectivity index (χ1n) is 6.24. The highest BCUT2D eigenvalue weighted by Gasteiger charge is 2.20. The van der Waals surface area contributed by atoms with Gasteiger partial charge in [0.2, 0.25) is 0 Å². The molecule has 2 rings (SSSR count). The topological polar surface area (TPSA) is 75.4 Å². The number of nitrogen functional groups attached to an aromatic ring is 1. The summed E-state index contributed by atoms with van der Waals surface area (Å²) in [6.45, 7) is -0.373. The molecule has 0 heterocycles. The first-order chi connectivity index (χ1) is 10.0. The van der Waals surface area contributed by atoms with Crippen molar-refractivity contribution >= 4 is 11.6 Å². The van der Waals surface area contributed by atoms with Crippen molar-refractivity contribution in [2.75, 3.05) is 12.3 Å². The van der Waals surface area contributed by atoms with Gasteiger partial charge >= 0.3 is 0 Å². The van der Waals surface area contributed by atoms with Gasteiger partial charge in [0.1, 0.15) is 5.82 Å². The monoisotopic (exact) mass is 292 g/mol. The summed E-state index contributed by atoms with van der Waals surface area (Å²) in [6.07, 6.45) is 0. The Morgan fingerprint density at radius 3 is 2.52 bits per heavy atom. The first-order valence-corrected chi connectivity index (χ1v) is 6.24. The van der Waals surface area contributed by atoms with Crippen LogP contribution in [0.25, 0.3) is 0 Å². The minimum Gasteiger partial charge on any atom is -0.396 e. The lowest BCUT2D eigenvalue weighted by Crippen LogP contribution is -2.31. The molecule has 0 radical (unpaired) electrons. The van der Waals surface area contributed by atoms with E-state index in [1.54, 1.807) is 30.3 Å². The second-order valence-corrected chi connectivity index (χ2v) is 4.48. The lowest BCUT2D eigenvalue weighted by atomic mass is 10.1. The maximum atomic E-state index is 13.8. The van der Waals surface area contributed by atoms with Gasteiger partial charge in [-0.15, -0.1) is 0 Å². The molecule has 0 aliphatic carbocycles. The molecule has 4 N–H and O–H groups in total. The Morgan fingerprint density at radius 1 is 1.24 bits per heavy atom. The Kier molecular flexibility index (Phi) is 4.49. The molecule has 0 saturated carbocycles. The van der Waals surface area contributed by atoms with Crippen LogP contribution in [0.1, 0.15) is 22.0 Å². The van der Waals surface area contributed by atoms with Crippen LogP contribution in [0, 0.1) is 11.6 Å². The predicted octanol–water partition coefficient (Wildman–Crippen LogP) is 2.01. The molecule has 0 aromatic heterocycles. The number of hydrogen-bond acceptors (Lipinski definition) is 3. The molecule has 2 aromatic carbocycles. The van der Waals surface area contributed by atoms with E-state index in [0.717, 1.165) is 12.1 Å². The summed E-state index contributed by atoms with van der Waals surface area (Å²) in [5.74, 6) is -2.64. The van der Waals surface area contributed by atoms with Crippen LogP contribution >= 0.6 is 0 Å². The summed E-state index contributed by atoms with van der Waals surface area (Å²) in [7, 11) is 0. The van der Waals surface area contributed by atoms with E-state index in [0.29, 0.717) is 5.56 Å². The summed E-state index contributed by atoms with van der Waals surface area (Å²) in [4.78, 5) is 12.0. The quantitative estimate of drug-likeness (QED) is 0.755. The van der Waals surface area contributed by atoms with Crippen molar-refractivity contribution in [3.8, 4) is 0 Å². The van der Waals surface area contributed by atoms with Crippen molar-refractivity contribution in [3.63, 3.8) is 0 Å². The van der Waals surface area contributed by atoms with E-state index >= 15 is 0 Å². The van der Waals surface area contributed by atoms with Crippen molar-refractivity contribution in [2.24, 2.45) is 0 Å². The average Bonchev–Trinajstić information content (AvgIpc) is 2.49. The van der Waals surface area contributed by atoms with Crippen LogP contribution in [0.4, 0.5) is 14.5 Å². The molecule has 1 amide bonds. The van der Waals surface area contributed by atoms with Gasteiger partial charge in [-0.05, 0) is 17.7 Å². The maximum Gasteiger partial charge on any atom is 0.255 e. The zero-order chi connectivity index (χ0) is 15.4. The normalized spacial score (nSPS) is 12.0. The van der Waals surface area contributed by atoms with Crippen LogP contribution < -0.4 is 11.1 Å². The van der Waals surface area contributed by atoms with Crippen LogP contribution in [0.2, 0.25) is 0 Å². The standard InChI is InChI=1S/C15H14F2N2O2/c16-10-6-11(14(17)12(18)7-10)15(21)19-13(8-20)9-4-2-1-3-5-9/h1-7,13,20H,8,18H2,(H,19,21)/t13-/m0/s1. The van der Waals surface area contributed by atoms with E-state index in [9.17, 15) is 18.7 Å². The van der Waals surface area contributed by atoms with E-state index in [1.165, 1.54) is 0 Å². The molecule has 6 heteroatoms. The number of benzene rings is 2. The highest BCUT2D eigenvalue weighted by molar-refractivity contribution is 5.95. The molecule has 0 saturated heterocycles. The van der Waals surface area contributed by atoms with E-state index in [2.05, 4.69) is 5.32 Å². The predicted molar refractivity (Wildman–Crippen MR) is 74.5 cm³/mol. The van der Waals surface area contributed by atoms with Crippen LogP contribution in [0.3, 0.4) is 0 Å². The summed E-state index contributed by atoms with van der Waals surface area (Å²) in [5, 5.41) is 11.8. The van der Waals surface area contributed by atoms with Crippen molar-refractivity contribution in [2.45, 2.75) is 6.04 Å². The number of anilines is 1. The minimum absolute atomic E-state index is 0.373. The second-order valence-electron chi connectivity index (χ2n) is 4.48. The van der Waals surface area contributed by atoms with E-state index in [-0.39, 0.29) is 6.61 Å². The molecule has 21 heavy (non-hydrogen) atoms. The van der Waals surface area contributed by atoms with Gasteiger partial charge in [-0.25, -0.2) is 8.78 Å². The Morgan fingerprint density at radius 2 is 1.90 bits per heavy atom. The Labute approximate surface area is 120 Å². The molecule has 0 aliphatic heterocycles. The number of rotatable bonds is 4. The van der Waals surface area contributed by atoms with Gasteiger partial charge in [-0.2, -0.15) is 0 Å². The summed E-state index contributed by atoms with van der Waals surface area (Å²) < 4.78 is 27.0. The zero-order valence-electron chi connectivity index (χ0n) is 11.0. The fraction of sp³-hybridized carbons (Fsp3) is 0.133. The van der Waals surface area contributed by atoms with Crippen LogP contribution in [-0.4, -0.2) is 17.6 Å². The van der Waals surface area contributed by atoms with Gasteiger partial charge in [0.15, 0.2) is 5.82 Å². The van der Waals surface area contributed by atoms with E-state index < -0.39 is 34.8 Å². The van der Waals surface area contributed by atoms with Gasteiger partial charge in [0.05, 0.1) is 23.9 Å². The fourth-order valence-corrected chi connectivity index (χ4v) is 1.93. The fourth-order valence-electron chi connectivity index (χ4n) is 1.93. The molecule has 0 bridgehead atoms. The summed E-state index contributed by atoms with van der Waals surface area (Å²) >= 11 is 0. The number of halogens is 2. The first kappa shape index (κ1) is 14.9. The number of aliphatic hydroxyl groups excluding tert-OH is 1. The zero-order valence-corrected chi connectivity index (χ0v) is 11.0. The molecule has 0 fully saturated rings. The highest BCUT2D eigenvalue weighted by Crippen LogP contribution is 2.19. The molecule has 0 spiro atoms. The largest absolute Gasteiger partial charge is 0.396 e. The molecule has 1 atom stereocenters. The van der Waals surface area contributed by atoms with Gasteiger partial charge in [0.25, 0.3) is 5.91 Å². The third kappa shape index (κ3) is 3.35. The van der Waals surface area contributed by atoms with Gasteiger partial charge in [0, 0.05) is 0 Å². The lowest BCUT2D eigenvalue weighted by Gasteiger charge is -2.17. The summed E-state index contributed by atoms with van der Waals surface area (Å²) in [6, 6.07) is 9.52. The van der Waals surface area contributed by atoms with Crippen molar-refractivity contribution in [1.29, 1.82) is 0 Å². The van der Waals surface area contributed by atoms with Crippen molar-refractivity contribution in [3.05, 3.63) is 65.2 Å². The van der Waals surface area contributed by atoms with Gasteiger partial charge in [-0.1, -0.05) is 30.3 Å². The van der Waals surface area contributed by atoms with Gasteiger partial charge < -0.3 is 16.2 Å². The summed E-state index contributed by atoms with van der Waals surface area (Å²) in [5.41, 5.74) is 5.00. The number of hydrogen-bond donors (Lipinski definition) is 3. The second kappa shape index (κ2) is 6.32. The smallest absolute Gasteiger partial charge is 0.255 e. The van der Waals surface area contributed by atoms with Crippen molar-refractivity contribution < 1.29 is 18.7 Å². The Hall–Kier alpha value is -2.47. The molecule has 2 aromatic rings. The highest BCUT2D eigenvalue weighted by atomic mass is 19.1. The Bertz CT molecular complexity index is 648. The average molecular weight is 292 g/mol. The Balaban J connectivity index is 2.25. The third-order valence-electron chi connectivity index (χ3n) is 3.00. The van der Waals surface area contributed by atoms with Crippen LogP contribution in [-0.2, 0) is 0 Å². The maximum absolute atomic E-state index is 13.8. The molecule has 4 nitrogen and oxygen atoms in total. The number of nitrogens with one attached hydrogen (secondary N) is 1. The van der Waals surface area contributed by atoms with Crippen LogP contribution in [0.5, 0.6) is 0 Å². The van der Waals surface area contributed by atoms with E-state index in [1.807, 2.05) is 0 Å². The van der Waals surface area contributed by atoms with E-state index in [4.69, 9.17) is 5.73 Å². The number of carbonyl (C=O) groups excluding carboxylic acids is 1. The number of amides is 1. The third-order valence-corrected chi connectivity index (χ3v) is 3.00. The van der Waals surface area contributed by atoms with Gasteiger partial charge in [-0.3, -0.25) is 4.79 Å². The molecular formula is C15H14F2N2O2. The lowest BCUT2D eigenvalue weighted by molar-refractivity contribution is 0.0911. The minimum atomic E-state index is -0.987. The molecule has 0 aliphatic rings. The SMILES string of the molecule is Nc1cc(F)cc(C(=O)N[C@@H](CO)c2ccccc2)c1F. The molecule has 0 unspecified atom stereocenters. The van der Waals surface area contributed by atoms with Crippen LogP contribution in [0.15, 0.2) is 42.5 Å². The van der Waals surface area contributed by atoms with Crippen molar-refractivity contribution in [1.82, 2.24) is 5.32 Å². The molecule has 110 valence electrons.